The van der Waals surface area contributed by atoms with Gasteiger partial charge in [0, 0.05) is 13.1 Å². The first kappa shape index (κ1) is 15.5. The number of urea groups is 1. The van der Waals surface area contributed by atoms with Gasteiger partial charge in [-0.25, -0.2) is 4.79 Å². The van der Waals surface area contributed by atoms with E-state index in [0.717, 1.165) is 17.7 Å². The van der Waals surface area contributed by atoms with Crippen LogP contribution in [0.25, 0.3) is 0 Å². The van der Waals surface area contributed by atoms with Gasteiger partial charge in [-0.1, -0.05) is 13.3 Å². The number of nitrogens with zero attached hydrogens (tertiary/aromatic N) is 2. The van der Waals surface area contributed by atoms with Crippen LogP contribution in [0.4, 0.5) is 4.79 Å². The van der Waals surface area contributed by atoms with E-state index in [-0.39, 0.29) is 5.91 Å². The smallest absolute Gasteiger partial charge is 0.331 e. The Labute approximate surface area is 123 Å². The molecule has 0 aromatic carbocycles. The Morgan fingerprint density at radius 3 is 2.48 bits per heavy atom. The number of nitrogens with one attached hydrogen (secondary N) is 1. The zero-order valence-electron chi connectivity index (χ0n) is 12.4. The lowest BCUT2D eigenvalue weighted by Gasteiger charge is -2.34. The maximum atomic E-state index is 12.4. The minimum Gasteiger partial charge on any atom is -0.341 e. The molecule has 1 N–H and O–H groups in total. The Balaban J connectivity index is 2.15. The summed E-state index contributed by atoms with van der Waals surface area (Å²) >= 11 is 0. The molecule has 21 heavy (non-hydrogen) atoms. The van der Waals surface area contributed by atoms with E-state index in [1.54, 1.807) is 4.90 Å². The molecule has 0 aliphatic carbocycles. The molecule has 0 saturated carbocycles. The molecule has 5 amide bonds. The van der Waals surface area contributed by atoms with Crippen LogP contribution in [0.3, 0.4) is 0 Å². The van der Waals surface area contributed by atoms with Gasteiger partial charge in [-0.2, -0.15) is 0 Å². The first-order valence-electron chi connectivity index (χ1n) is 7.44. The number of hydrogen-bond acceptors (Lipinski definition) is 4. The molecule has 7 nitrogen and oxygen atoms in total. The van der Waals surface area contributed by atoms with Crippen LogP contribution >= 0.6 is 0 Å². The minimum atomic E-state index is -0.874. The second-order valence-electron chi connectivity index (χ2n) is 5.55. The fourth-order valence-electron chi connectivity index (χ4n) is 2.86. The lowest BCUT2D eigenvalue weighted by molar-refractivity contribution is -0.149. The Morgan fingerprint density at radius 2 is 1.90 bits per heavy atom. The van der Waals surface area contributed by atoms with Crippen LogP contribution in [-0.2, 0) is 14.4 Å². The highest BCUT2D eigenvalue weighted by Gasteiger charge is 2.44. The molecule has 0 aromatic heterocycles. The molecule has 2 aliphatic rings. The predicted octanol–water partition coefficient (Wildman–Crippen LogP) is 0.492. The molecule has 0 bridgehead atoms. The van der Waals surface area contributed by atoms with Crippen LogP contribution in [0.1, 0.15) is 39.5 Å². The van der Waals surface area contributed by atoms with Gasteiger partial charge in [0.05, 0.1) is 0 Å². The van der Waals surface area contributed by atoms with Crippen molar-refractivity contribution < 1.29 is 19.2 Å². The second kappa shape index (κ2) is 6.24. The van der Waals surface area contributed by atoms with Crippen molar-refractivity contribution in [1.82, 2.24) is 15.1 Å². The summed E-state index contributed by atoms with van der Waals surface area (Å²) in [7, 11) is 0. The molecule has 2 unspecified atom stereocenters. The van der Waals surface area contributed by atoms with Gasteiger partial charge in [-0.15, -0.1) is 0 Å². The van der Waals surface area contributed by atoms with Crippen molar-refractivity contribution >= 4 is 23.8 Å². The molecular weight excluding hydrogens is 274 g/mol. The summed E-state index contributed by atoms with van der Waals surface area (Å²) in [6.45, 7) is 4.71. The maximum absolute atomic E-state index is 12.4. The zero-order chi connectivity index (χ0) is 15.6. The number of carbonyl (C=O) groups is 4. The van der Waals surface area contributed by atoms with E-state index in [2.05, 4.69) is 5.32 Å². The standard InChI is InChI=1S/C14H21N3O4/c1-3-6-10-11(18)15-14(21)17(13(10)20)9(2)12(19)16-7-4-5-8-16/h9-10H,3-8H2,1-2H3,(H,15,18,21). The molecule has 7 heteroatoms. The molecule has 2 atom stereocenters. The van der Waals surface area contributed by atoms with E-state index in [4.69, 9.17) is 0 Å². The quantitative estimate of drug-likeness (QED) is 0.765. The molecule has 2 fully saturated rings. The normalized spacial score (nSPS) is 24.3. The first-order chi connectivity index (χ1) is 9.97. The predicted molar refractivity (Wildman–Crippen MR) is 74.1 cm³/mol. The van der Waals surface area contributed by atoms with E-state index < -0.39 is 29.8 Å². The maximum Gasteiger partial charge on any atom is 0.331 e. The van der Waals surface area contributed by atoms with Gasteiger partial charge in [0.25, 0.3) is 0 Å². The average Bonchev–Trinajstić information content (AvgIpc) is 2.96. The molecule has 0 radical (unpaired) electrons. The minimum absolute atomic E-state index is 0.236. The molecule has 0 spiro atoms. The molecule has 2 rings (SSSR count). The lowest BCUT2D eigenvalue weighted by Crippen LogP contribution is -2.63. The molecular formula is C14H21N3O4. The van der Waals surface area contributed by atoms with Crippen LogP contribution < -0.4 is 5.32 Å². The summed E-state index contributed by atoms with van der Waals surface area (Å²) in [4.78, 5) is 50.9. The van der Waals surface area contributed by atoms with Crippen molar-refractivity contribution in [2.75, 3.05) is 13.1 Å². The second-order valence-corrected chi connectivity index (χ2v) is 5.55. The number of carbonyl (C=O) groups excluding carboxylic acids is 4. The Hall–Kier alpha value is -1.92. The van der Waals surface area contributed by atoms with Crippen LogP contribution in [-0.4, -0.2) is 52.7 Å². The topological polar surface area (TPSA) is 86.8 Å². The van der Waals surface area contributed by atoms with Gasteiger partial charge in [-0.3, -0.25) is 24.6 Å². The third kappa shape index (κ3) is 2.91. The van der Waals surface area contributed by atoms with Gasteiger partial charge in [-0.05, 0) is 26.2 Å². The molecule has 116 valence electrons. The van der Waals surface area contributed by atoms with Crippen molar-refractivity contribution in [3.05, 3.63) is 0 Å². The van der Waals surface area contributed by atoms with E-state index in [1.807, 2.05) is 6.92 Å². The third-order valence-corrected chi connectivity index (χ3v) is 4.04. The van der Waals surface area contributed by atoms with Crippen molar-refractivity contribution in [2.45, 2.75) is 45.6 Å². The van der Waals surface area contributed by atoms with Crippen molar-refractivity contribution in [3.8, 4) is 0 Å². The summed E-state index contributed by atoms with van der Waals surface area (Å²) < 4.78 is 0. The number of rotatable bonds is 4. The summed E-state index contributed by atoms with van der Waals surface area (Å²) in [5.41, 5.74) is 0. The van der Waals surface area contributed by atoms with E-state index >= 15 is 0 Å². The fourth-order valence-corrected chi connectivity index (χ4v) is 2.86. The van der Waals surface area contributed by atoms with E-state index in [0.29, 0.717) is 25.9 Å². The van der Waals surface area contributed by atoms with Crippen LogP contribution in [0.5, 0.6) is 0 Å². The van der Waals surface area contributed by atoms with Gasteiger partial charge >= 0.3 is 6.03 Å². The third-order valence-electron chi connectivity index (χ3n) is 4.04. The SMILES string of the molecule is CCCC1C(=O)NC(=O)N(C(C)C(=O)N2CCCC2)C1=O. The molecule has 2 heterocycles. The van der Waals surface area contributed by atoms with E-state index in [1.165, 1.54) is 6.92 Å². The van der Waals surface area contributed by atoms with Crippen LogP contribution in [0, 0.1) is 5.92 Å². The largest absolute Gasteiger partial charge is 0.341 e. The summed E-state index contributed by atoms with van der Waals surface area (Å²) in [5.74, 6) is -2.24. The highest BCUT2D eigenvalue weighted by atomic mass is 16.2. The number of barbiturate groups is 1. The van der Waals surface area contributed by atoms with Crippen LogP contribution in [0.15, 0.2) is 0 Å². The zero-order valence-corrected chi connectivity index (χ0v) is 12.4. The molecule has 2 saturated heterocycles. The molecule has 2 aliphatic heterocycles. The van der Waals surface area contributed by atoms with E-state index in [9.17, 15) is 19.2 Å². The Morgan fingerprint density at radius 1 is 1.29 bits per heavy atom. The van der Waals surface area contributed by atoms with Crippen molar-refractivity contribution in [1.29, 1.82) is 0 Å². The number of likely N-dealkylation sites (tertiary alicyclic amines) is 1. The van der Waals surface area contributed by atoms with Gasteiger partial charge in [0.15, 0.2) is 0 Å². The van der Waals surface area contributed by atoms with Gasteiger partial charge < -0.3 is 4.90 Å². The van der Waals surface area contributed by atoms with Crippen LogP contribution in [0.2, 0.25) is 0 Å². The first-order valence-corrected chi connectivity index (χ1v) is 7.44. The van der Waals surface area contributed by atoms with Crippen molar-refractivity contribution in [3.63, 3.8) is 0 Å². The van der Waals surface area contributed by atoms with Gasteiger partial charge in [0.1, 0.15) is 12.0 Å². The number of hydrogen-bond donors (Lipinski definition) is 1. The van der Waals surface area contributed by atoms with Crippen molar-refractivity contribution in [2.24, 2.45) is 5.92 Å². The Bertz CT molecular complexity index is 471. The summed E-state index contributed by atoms with van der Waals surface area (Å²) in [6, 6.07) is -1.67. The lowest BCUT2D eigenvalue weighted by atomic mass is 9.98. The fraction of sp³-hybridized carbons (Fsp3) is 0.714. The molecule has 0 aromatic rings. The Kier molecular flexibility index (Phi) is 4.59. The average molecular weight is 295 g/mol. The summed E-state index contributed by atoms with van der Waals surface area (Å²) in [5, 5.41) is 2.18. The summed E-state index contributed by atoms with van der Waals surface area (Å²) in [6.07, 6.45) is 2.91. The number of amides is 5. The monoisotopic (exact) mass is 295 g/mol. The number of imide groups is 2. The highest BCUT2D eigenvalue weighted by molar-refractivity contribution is 6.17. The van der Waals surface area contributed by atoms with Gasteiger partial charge in [0.2, 0.25) is 17.7 Å². The highest BCUT2D eigenvalue weighted by Crippen LogP contribution is 2.20.